The zero-order valence-corrected chi connectivity index (χ0v) is 13.8. The molecule has 1 aromatic heterocycles. The summed E-state index contributed by atoms with van der Waals surface area (Å²) in [7, 11) is 0. The van der Waals surface area contributed by atoms with Gasteiger partial charge in [0.15, 0.2) is 24.1 Å². The molecule has 0 radical (unpaired) electrons. The monoisotopic (exact) mass is 359 g/mol. The van der Waals surface area contributed by atoms with Crippen molar-refractivity contribution in [3.05, 3.63) is 65.5 Å². The largest absolute Gasteiger partial charge is 0.484 e. The predicted octanol–water partition coefficient (Wildman–Crippen LogP) is 1.94. The van der Waals surface area contributed by atoms with E-state index in [9.17, 15) is 13.6 Å². The minimum atomic E-state index is -1.01. The highest BCUT2D eigenvalue weighted by atomic mass is 19.2. The van der Waals surface area contributed by atoms with Crippen LogP contribution in [0, 0.1) is 18.6 Å². The van der Waals surface area contributed by atoms with Gasteiger partial charge in [0.2, 0.25) is 0 Å². The Morgan fingerprint density at radius 3 is 2.65 bits per heavy atom. The number of benzene rings is 2. The number of hydrogen-bond donors (Lipinski definition) is 1. The Morgan fingerprint density at radius 2 is 1.92 bits per heavy atom. The van der Waals surface area contributed by atoms with Crippen molar-refractivity contribution in [2.45, 2.75) is 13.5 Å². The molecule has 26 heavy (non-hydrogen) atoms. The summed E-state index contributed by atoms with van der Waals surface area (Å²) < 4.78 is 33.0. The fourth-order valence-electron chi connectivity index (χ4n) is 2.15. The topological polar surface area (TPSA) is 81.9 Å². The molecular weight excluding hydrogens is 344 g/mol. The second-order valence-electron chi connectivity index (χ2n) is 5.48. The van der Waals surface area contributed by atoms with E-state index in [-0.39, 0.29) is 30.6 Å². The summed E-state index contributed by atoms with van der Waals surface area (Å²) in [5, 5.41) is 13.6. The summed E-state index contributed by atoms with van der Waals surface area (Å²) in [5.74, 6) is -1.51. The fourth-order valence-corrected chi connectivity index (χ4v) is 2.15. The average Bonchev–Trinajstić information content (AvgIpc) is 3.10. The van der Waals surface area contributed by atoms with Gasteiger partial charge < -0.3 is 10.1 Å². The van der Waals surface area contributed by atoms with Crippen molar-refractivity contribution in [2.24, 2.45) is 0 Å². The number of amides is 1. The van der Waals surface area contributed by atoms with Gasteiger partial charge in [-0.15, -0.1) is 5.10 Å². The summed E-state index contributed by atoms with van der Waals surface area (Å²) in [6.07, 6.45) is 0. The van der Waals surface area contributed by atoms with Crippen LogP contribution in [0.15, 0.2) is 42.5 Å². The zero-order chi connectivity index (χ0) is 18.5. The van der Waals surface area contributed by atoms with Gasteiger partial charge in [-0.2, -0.15) is 4.68 Å². The summed E-state index contributed by atoms with van der Waals surface area (Å²) in [4.78, 5) is 11.9. The second-order valence-corrected chi connectivity index (χ2v) is 5.48. The van der Waals surface area contributed by atoms with Gasteiger partial charge in [0.1, 0.15) is 5.75 Å². The number of halogens is 2. The Balaban J connectivity index is 1.58. The molecule has 2 aromatic carbocycles. The first-order valence-corrected chi connectivity index (χ1v) is 7.72. The van der Waals surface area contributed by atoms with Gasteiger partial charge in [0.25, 0.3) is 5.91 Å². The smallest absolute Gasteiger partial charge is 0.258 e. The highest BCUT2D eigenvalue weighted by Gasteiger charge is 2.12. The minimum absolute atomic E-state index is 0.00207. The van der Waals surface area contributed by atoms with Gasteiger partial charge in [-0.1, -0.05) is 17.7 Å². The molecule has 9 heteroatoms. The number of tetrazole rings is 1. The summed E-state index contributed by atoms with van der Waals surface area (Å²) in [6.45, 7) is 1.78. The third-order valence-corrected chi connectivity index (χ3v) is 3.52. The van der Waals surface area contributed by atoms with E-state index in [0.717, 1.165) is 17.7 Å². The predicted molar refractivity (Wildman–Crippen MR) is 87.6 cm³/mol. The molecule has 1 N–H and O–H groups in total. The van der Waals surface area contributed by atoms with Crippen molar-refractivity contribution in [1.82, 2.24) is 25.5 Å². The molecule has 7 nitrogen and oxygen atoms in total. The van der Waals surface area contributed by atoms with Crippen LogP contribution < -0.4 is 10.1 Å². The normalized spacial score (nSPS) is 10.6. The van der Waals surface area contributed by atoms with Crippen LogP contribution in [0.5, 0.6) is 5.75 Å². The van der Waals surface area contributed by atoms with Gasteiger partial charge in [0, 0.05) is 6.07 Å². The van der Waals surface area contributed by atoms with Crippen LogP contribution in [0.25, 0.3) is 5.69 Å². The lowest BCUT2D eigenvalue weighted by atomic mass is 10.2. The quantitative estimate of drug-likeness (QED) is 0.727. The van der Waals surface area contributed by atoms with E-state index in [2.05, 4.69) is 20.8 Å². The molecule has 0 fully saturated rings. The first kappa shape index (κ1) is 17.5. The lowest BCUT2D eigenvalue weighted by molar-refractivity contribution is -0.123. The molecule has 0 aliphatic carbocycles. The molecule has 0 atom stereocenters. The van der Waals surface area contributed by atoms with Crippen molar-refractivity contribution in [3.63, 3.8) is 0 Å². The number of hydrogen-bond acceptors (Lipinski definition) is 5. The Kier molecular flexibility index (Phi) is 5.16. The first-order valence-electron chi connectivity index (χ1n) is 7.72. The Labute approximate surface area is 147 Å². The first-order chi connectivity index (χ1) is 12.5. The SMILES string of the molecule is Cc1ccc(OCC(=O)NCc2nnnn2-c2ccc(F)c(F)c2)cc1. The Morgan fingerprint density at radius 1 is 1.15 bits per heavy atom. The van der Waals surface area contributed by atoms with Gasteiger partial charge >= 0.3 is 0 Å². The number of nitrogens with zero attached hydrogens (tertiary/aromatic N) is 4. The molecule has 0 saturated heterocycles. The van der Waals surface area contributed by atoms with Crippen molar-refractivity contribution in [3.8, 4) is 11.4 Å². The molecule has 0 spiro atoms. The number of ether oxygens (including phenoxy) is 1. The van der Waals surface area contributed by atoms with E-state index in [1.165, 1.54) is 10.7 Å². The van der Waals surface area contributed by atoms with E-state index in [1.807, 2.05) is 19.1 Å². The summed E-state index contributed by atoms with van der Waals surface area (Å²) >= 11 is 0. The number of aryl methyl sites for hydroxylation is 1. The molecule has 0 aliphatic rings. The van der Waals surface area contributed by atoms with E-state index in [4.69, 9.17) is 4.74 Å². The van der Waals surface area contributed by atoms with Gasteiger partial charge in [-0.3, -0.25) is 4.79 Å². The molecule has 3 aromatic rings. The number of nitrogens with one attached hydrogen (secondary N) is 1. The minimum Gasteiger partial charge on any atom is -0.484 e. The maximum atomic E-state index is 13.4. The van der Waals surface area contributed by atoms with E-state index < -0.39 is 11.6 Å². The van der Waals surface area contributed by atoms with Gasteiger partial charge in [-0.05, 0) is 41.6 Å². The second kappa shape index (κ2) is 7.68. The fraction of sp³-hybridized carbons (Fsp3) is 0.176. The number of carbonyl (C=O) groups is 1. The third-order valence-electron chi connectivity index (χ3n) is 3.52. The Bertz CT molecular complexity index is 912. The molecule has 134 valence electrons. The highest BCUT2D eigenvalue weighted by Crippen LogP contribution is 2.13. The molecule has 1 amide bonds. The van der Waals surface area contributed by atoms with Crippen LogP contribution >= 0.6 is 0 Å². The van der Waals surface area contributed by atoms with Crippen molar-refractivity contribution in [1.29, 1.82) is 0 Å². The maximum absolute atomic E-state index is 13.4. The molecule has 1 heterocycles. The number of rotatable bonds is 6. The number of carbonyl (C=O) groups excluding carboxylic acids is 1. The lowest BCUT2D eigenvalue weighted by Gasteiger charge is -2.08. The molecule has 0 saturated carbocycles. The zero-order valence-electron chi connectivity index (χ0n) is 13.8. The molecule has 3 rings (SSSR count). The summed E-state index contributed by atoms with van der Waals surface area (Å²) in [6, 6.07) is 10.6. The van der Waals surface area contributed by atoms with Crippen LogP contribution in [0.1, 0.15) is 11.4 Å². The number of aromatic nitrogens is 4. The van der Waals surface area contributed by atoms with Gasteiger partial charge in [0.05, 0.1) is 12.2 Å². The van der Waals surface area contributed by atoms with Crippen LogP contribution in [0.4, 0.5) is 8.78 Å². The van der Waals surface area contributed by atoms with E-state index in [1.54, 1.807) is 12.1 Å². The molecule has 0 unspecified atom stereocenters. The van der Waals surface area contributed by atoms with Crippen LogP contribution in [-0.4, -0.2) is 32.7 Å². The van der Waals surface area contributed by atoms with E-state index in [0.29, 0.717) is 5.75 Å². The standard InChI is InChI=1S/C17H15F2N5O2/c1-11-2-5-13(6-3-11)26-10-17(25)20-9-16-21-22-23-24(16)12-4-7-14(18)15(19)8-12/h2-8H,9-10H2,1H3,(H,20,25). The van der Waals surface area contributed by atoms with Crippen molar-refractivity contribution in [2.75, 3.05) is 6.61 Å². The van der Waals surface area contributed by atoms with Crippen LogP contribution in [0.3, 0.4) is 0 Å². The average molecular weight is 359 g/mol. The Hall–Kier alpha value is -3.36. The molecule has 0 bridgehead atoms. The maximum Gasteiger partial charge on any atom is 0.258 e. The summed E-state index contributed by atoms with van der Waals surface area (Å²) in [5.41, 5.74) is 1.33. The molecule has 0 aliphatic heterocycles. The van der Waals surface area contributed by atoms with Crippen LogP contribution in [0.2, 0.25) is 0 Å². The third kappa shape index (κ3) is 4.18. The highest BCUT2D eigenvalue weighted by molar-refractivity contribution is 5.77. The van der Waals surface area contributed by atoms with E-state index >= 15 is 0 Å². The van der Waals surface area contributed by atoms with Crippen molar-refractivity contribution >= 4 is 5.91 Å². The van der Waals surface area contributed by atoms with Crippen molar-refractivity contribution < 1.29 is 18.3 Å². The van der Waals surface area contributed by atoms with Crippen LogP contribution in [-0.2, 0) is 11.3 Å². The van der Waals surface area contributed by atoms with Gasteiger partial charge in [-0.25, -0.2) is 8.78 Å². The molecular formula is C17H15F2N5O2. The lowest BCUT2D eigenvalue weighted by Crippen LogP contribution is -2.29.